The molecule has 1 aliphatic heterocycles. The Morgan fingerprint density at radius 3 is 2.93 bits per heavy atom. The third-order valence-corrected chi connectivity index (χ3v) is 5.42. The molecule has 1 fully saturated rings. The SMILES string of the molecule is c1nc(Nc2cn[nH]c2-c2nc3ccc(N4CCCC4)cc3[nH]2)c2cc[nH]c2n1. The first-order valence-electron chi connectivity index (χ1n) is 9.69. The number of aromatic nitrogens is 7. The van der Waals surface area contributed by atoms with E-state index in [-0.39, 0.29) is 0 Å². The van der Waals surface area contributed by atoms with Crippen molar-refractivity contribution in [2.75, 3.05) is 23.3 Å². The number of rotatable bonds is 4. The molecule has 6 rings (SSSR count). The summed E-state index contributed by atoms with van der Waals surface area (Å²) in [5.41, 5.74) is 5.55. The molecule has 1 aromatic carbocycles. The lowest BCUT2D eigenvalue weighted by atomic mass is 10.2. The maximum absolute atomic E-state index is 4.75. The summed E-state index contributed by atoms with van der Waals surface area (Å²) in [4.78, 5) is 22.3. The van der Waals surface area contributed by atoms with Crippen molar-refractivity contribution < 1.29 is 0 Å². The number of nitrogens with zero attached hydrogens (tertiary/aromatic N) is 5. The molecule has 0 spiro atoms. The van der Waals surface area contributed by atoms with Crippen molar-refractivity contribution in [2.45, 2.75) is 12.8 Å². The highest BCUT2D eigenvalue weighted by Crippen LogP contribution is 2.31. The molecule has 0 atom stereocenters. The predicted molar refractivity (Wildman–Crippen MR) is 112 cm³/mol. The van der Waals surface area contributed by atoms with Crippen LogP contribution in [0.4, 0.5) is 17.2 Å². The van der Waals surface area contributed by atoms with Gasteiger partial charge in [-0.05, 0) is 37.1 Å². The van der Waals surface area contributed by atoms with E-state index in [0.717, 1.165) is 52.4 Å². The zero-order chi connectivity index (χ0) is 19.2. The largest absolute Gasteiger partial charge is 0.371 e. The van der Waals surface area contributed by atoms with Gasteiger partial charge in [-0.1, -0.05) is 0 Å². The zero-order valence-corrected chi connectivity index (χ0v) is 15.6. The normalized spacial score (nSPS) is 14.3. The van der Waals surface area contributed by atoms with Crippen LogP contribution in [0.2, 0.25) is 0 Å². The van der Waals surface area contributed by atoms with Gasteiger partial charge >= 0.3 is 0 Å². The van der Waals surface area contributed by atoms with Gasteiger partial charge in [0.15, 0.2) is 5.82 Å². The third kappa shape index (κ3) is 2.70. The second kappa shape index (κ2) is 6.33. The van der Waals surface area contributed by atoms with Gasteiger partial charge in [0.25, 0.3) is 0 Å². The van der Waals surface area contributed by atoms with Crippen molar-refractivity contribution in [1.29, 1.82) is 0 Å². The molecule has 5 aromatic rings. The van der Waals surface area contributed by atoms with Gasteiger partial charge in [0.05, 0.1) is 28.3 Å². The molecule has 0 radical (unpaired) electrons. The van der Waals surface area contributed by atoms with Crippen molar-refractivity contribution in [3.63, 3.8) is 0 Å². The summed E-state index contributed by atoms with van der Waals surface area (Å²) < 4.78 is 0. The number of aromatic amines is 3. The molecule has 9 heteroatoms. The minimum absolute atomic E-state index is 0.714. The molecule has 0 amide bonds. The van der Waals surface area contributed by atoms with Crippen LogP contribution in [0.1, 0.15) is 12.8 Å². The number of fused-ring (bicyclic) bond motifs is 2. The van der Waals surface area contributed by atoms with Gasteiger partial charge in [0.2, 0.25) is 0 Å². The average molecular weight is 385 g/mol. The van der Waals surface area contributed by atoms with Crippen molar-refractivity contribution in [2.24, 2.45) is 0 Å². The molecule has 9 nitrogen and oxygen atoms in total. The quantitative estimate of drug-likeness (QED) is 0.376. The van der Waals surface area contributed by atoms with E-state index in [0.29, 0.717) is 5.82 Å². The van der Waals surface area contributed by atoms with Gasteiger partial charge < -0.3 is 20.2 Å². The Morgan fingerprint density at radius 1 is 1.07 bits per heavy atom. The van der Waals surface area contributed by atoms with Crippen LogP contribution < -0.4 is 10.2 Å². The van der Waals surface area contributed by atoms with Crippen molar-refractivity contribution in [3.8, 4) is 11.5 Å². The zero-order valence-electron chi connectivity index (χ0n) is 15.6. The smallest absolute Gasteiger partial charge is 0.158 e. The molecular formula is C20H19N9. The molecule has 0 saturated carbocycles. The fraction of sp³-hybridized carbons (Fsp3) is 0.200. The van der Waals surface area contributed by atoms with Gasteiger partial charge in [-0.25, -0.2) is 15.0 Å². The first-order chi connectivity index (χ1) is 14.3. The number of hydrogen-bond donors (Lipinski definition) is 4. The van der Waals surface area contributed by atoms with E-state index in [1.165, 1.54) is 24.9 Å². The predicted octanol–water partition coefficient (Wildman–Crippen LogP) is 3.57. The molecule has 4 N–H and O–H groups in total. The number of nitrogens with one attached hydrogen (secondary N) is 4. The highest BCUT2D eigenvalue weighted by molar-refractivity contribution is 5.91. The Morgan fingerprint density at radius 2 is 2.00 bits per heavy atom. The van der Waals surface area contributed by atoms with Crippen LogP contribution in [0, 0.1) is 0 Å². The fourth-order valence-corrected chi connectivity index (χ4v) is 3.95. The topological polar surface area (TPSA) is 114 Å². The van der Waals surface area contributed by atoms with Gasteiger partial charge in [-0.2, -0.15) is 5.10 Å². The highest BCUT2D eigenvalue weighted by Gasteiger charge is 2.16. The van der Waals surface area contributed by atoms with Crippen LogP contribution in [0.15, 0.2) is 43.0 Å². The molecule has 144 valence electrons. The maximum Gasteiger partial charge on any atom is 0.158 e. The lowest BCUT2D eigenvalue weighted by Gasteiger charge is -2.17. The Balaban J connectivity index is 1.36. The second-order valence-corrected chi connectivity index (χ2v) is 7.23. The standard InChI is InChI=1S/C20H19N9/c1-2-8-29(7-1)12-3-4-14-15(9-12)26-20(25-14)17-16(10-24-28-17)27-19-13-5-6-21-18(13)22-11-23-19/h3-6,9-11H,1-2,7-8H2,(H,24,28)(H,25,26)(H2,21,22,23,27). The van der Waals surface area contributed by atoms with E-state index in [2.05, 4.69) is 58.5 Å². The fourth-order valence-electron chi connectivity index (χ4n) is 3.95. The van der Waals surface area contributed by atoms with Crippen LogP contribution >= 0.6 is 0 Å². The molecule has 1 aliphatic rings. The number of imidazole rings is 1. The van der Waals surface area contributed by atoms with E-state index in [1.54, 1.807) is 6.20 Å². The lowest BCUT2D eigenvalue weighted by Crippen LogP contribution is -2.17. The van der Waals surface area contributed by atoms with E-state index < -0.39 is 0 Å². The first-order valence-corrected chi connectivity index (χ1v) is 9.69. The molecule has 29 heavy (non-hydrogen) atoms. The lowest BCUT2D eigenvalue weighted by molar-refractivity contribution is 0.949. The van der Waals surface area contributed by atoms with Crippen molar-refractivity contribution in [1.82, 2.24) is 35.1 Å². The molecule has 1 saturated heterocycles. The van der Waals surface area contributed by atoms with Gasteiger partial charge in [0, 0.05) is 25.0 Å². The minimum atomic E-state index is 0.714. The second-order valence-electron chi connectivity index (χ2n) is 7.23. The summed E-state index contributed by atoms with van der Waals surface area (Å²) in [7, 11) is 0. The summed E-state index contributed by atoms with van der Waals surface area (Å²) in [5, 5.41) is 11.5. The molecule has 0 bridgehead atoms. The summed E-state index contributed by atoms with van der Waals surface area (Å²) >= 11 is 0. The van der Waals surface area contributed by atoms with Gasteiger partial charge in [-0.15, -0.1) is 0 Å². The molecule has 0 unspecified atom stereocenters. The third-order valence-electron chi connectivity index (χ3n) is 5.42. The van der Waals surface area contributed by atoms with Crippen LogP contribution in [-0.2, 0) is 0 Å². The minimum Gasteiger partial charge on any atom is -0.371 e. The van der Waals surface area contributed by atoms with Crippen LogP contribution in [0.3, 0.4) is 0 Å². The Labute approximate surface area is 165 Å². The molecule has 0 aliphatic carbocycles. The number of benzene rings is 1. The number of hydrogen-bond acceptors (Lipinski definition) is 6. The van der Waals surface area contributed by atoms with E-state index in [9.17, 15) is 0 Å². The Bertz CT molecular complexity index is 1310. The Kier molecular flexibility index (Phi) is 3.52. The maximum atomic E-state index is 4.75. The van der Waals surface area contributed by atoms with E-state index in [4.69, 9.17) is 4.98 Å². The van der Waals surface area contributed by atoms with Crippen molar-refractivity contribution >= 4 is 39.3 Å². The van der Waals surface area contributed by atoms with Crippen LogP contribution in [0.25, 0.3) is 33.6 Å². The van der Waals surface area contributed by atoms with Gasteiger partial charge in [-0.3, -0.25) is 5.10 Å². The van der Waals surface area contributed by atoms with Gasteiger partial charge in [0.1, 0.15) is 23.5 Å². The van der Waals surface area contributed by atoms with Crippen LogP contribution in [-0.4, -0.2) is 48.2 Å². The van der Waals surface area contributed by atoms with E-state index in [1.807, 2.05) is 12.3 Å². The van der Waals surface area contributed by atoms with E-state index >= 15 is 0 Å². The summed E-state index contributed by atoms with van der Waals surface area (Å²) in [6.07, 6.45) is 7.62. The summed E-state index contributed by atoms with van der Waals surface area (Å²) in [5.74, 6) is 1.45. The monoisotopic (exact) mass is 385 g/mol. The molecular weight excluding hydrogens is 366 g/mol. The number of H-pyrrole nitrogens is 3. The summed E-state index contributed by atoms with van der Waals surface area (Å²) in [6, 6.07) is 8.33. The van der Waals surface area contributed by atoms with Crippen LogP contribution in [0.5, 0.6) is 0 Å². The highest BCUT2D eigenvalue weighted by atomic mass is 15.2. The molecule has 4 aromatic heterocycles. The average Bonchev–Trinajstić information content (AvgIpc) is 3.53. The number of anilines is 3. The first kappa shape index (κ1) is 16.1. The Hall–Kier alpha value is -3.88. The van der Waals surface area contributed by atoms with Crippen molar-refractivity contribution in [3.05, 3.63) is 43.0 Å². The molecule has 5 heterocycles. The summed E-state index contributed by atoms with van der Waals surface area (Å²) in [6.45, 7) is 2.24.